The van der Waals surface area contributed by atoms with E-state index >= 15 is 0 Å². The summed E-state index contributed by atoms with van der Waals surface area (Å²) in [4.78, 5) is 28.0. The summed E-state index contributed by atoms with van der Waals surface area (Å²) >= 11 is 1.41. The molecule has 9 heteroatoms. The van der Waals surface area contributed by atoms with E-state index in [4.69, 9.17) is 14.0 Å². The van der Waals surface area contributed by atoms with Gasteiger partial charge in [-0.2, -0.15) is 0 Å². The predicted octanol–water partition coefficient (Wildman–Crippen LogP) is 4.23. The van der Waals surface area contributed by atoms with Gasteiger partial charge in [0.2, 0.25) is 6.79 Å². The van der Waals surface area contributed by atoms with E-state index in [2.05, 4.69) is 24.3 Å². The second-order valence-electron chi connectivity index (χ2n) is 7.43. The smallest absolute Gasteiger partial charge is 0.273 e. The lowest BCUT2D eigenvalue weighted by atomic mass is 10.1. The molecule has 3 heterocycles. The monoisotopic (exact) mass is 455 g/mol. The first kappa shape index (κ1) is 21.9. The van der Waals surface area contributed by atoms with Gasteiger partial charge in [0.05, 0.1) is 11.4 Å². The van der Waals surface area contributed by atoms with Gasteiger partial charge in [-0.15, -0.1) is 11.3 Å². The highest BCUT2D eigenvalue weighted by Crippen LogP contribution is 2.32. The number of rotatable bonds is 9. The van der Waals surface area contributed by atoms with E-state index in [1.54, 1.807) is 11.0 Å². The molecular weight excluding hydrogens is 430 g/mol. The summed E-state index contributed by atoms with van der Waals surface area (Å²) in [5, 5.41) is 8.62. The maximum atomic E-state index is 13.0. The molecule has 1 aliphatic rings. The number of thiophene rings is 1. The number of benzene rings is 1. The molecule has 0 fully saturated rings. The van der Waals surface area contributed by atoms with Crippen LogP contribution in [0.1, 0.15) is 58.2 Å². The van der Waals surface area contributed by atoms with Crippen LogP contribution in [0.3, 0.4) is 0 Å². The second kappa shape index (κ2) is 9.86. The highest BCUT2D eigenvalue weighted by molar-refractivity contribution is 7.12. The molecule has 0 saturated heterocycles. The van der Waals surface area contributed by atoms with Gasteiger partial charge in [-0.3, -0.25) is 9.59 Å². The molecule has 1 N–H and O–H groups in total. The summed E-state index contributed by atoms with van der Waals surface area (Å²) in [5.41, 5.74) is 1.06. The summed E-state index contributed by atoms with van der Waals surface area (Å²) < 4.78 is 16.1. The molecule has 0 aliphatic carbocycles. The first-order valence-corrected chi connectivity index (χ1v) is 11.4. The largest absolute Gasteiger partial charge is 0.454 e. The molecular formula is C23H25N3O5S. The quantitative estimate of drug-likeness (QED) is 0.519. The lowest BCUT2D eigenvalue weighted by Crippen LogP contribution is -2.38. The number of fused-ring (bicyclic) bond motifs is 1. The van der Waals surface area contributed by atoms with Crippen LogP contribution in [-0.2, 0) is 13.1 Å². The van der Waals surface area contributed by atoms with E-state index in [1.165, 1.54) is 11.3 Å². The highest BCUT2D eigenvalue weighted by atomic mass is 32.1. The van der Waals surface area contributed by atoms with Crippen LogP contribution in [0.5, 0.6) is 11.5 Å². The Balaban J connectivity index is 1.41. The molecule has 0 atom stereocenters. The first-order valence-electron chi connectivity index (χ1n) is 10.6. The van der Waals surface area contributed by atoms with Gasteiger partial charge in [-0.1, -0.05) is 31.1 Å². The van der Waals surface area contributed by atoms with Crippen molar-refractivity contribution in [2.75, 3.05) is 6.79 Å². The number of carbonyl (C=O) groups excluding carboxylic acids is 2. The van der Waals surface area contributed by atoms with Crippen LogP contribution in [0, 0.1) is 0 Å². The molecule has 4 rings (SSSR count). The number of nitrogens with zero attached hydrogens (tertiary/aromatic N) is 2. The van der Waals surface area contributed by atoms with Crippen molar-refractivity contribution in [2.24, 2.45) is 0 Å². The predicted molar refractivity (Wildman–Crippen MR) is 119 cm³/mol. The molecule has 1 aliphatic heterocycles. The Morgan fingerprint density at radius 2 is 1.97 bits per heavy atom. The molecule has 3 aromatic rings. The van der Waals surface area contributed by atoms with Crippen molar-refractivity contribution in [1.82, 2.24) is 15.4 Å². The minimum absolute atomic E-state index is 0.0427. The number of ether oxygens (including phenoxy) is 2. The standard InChI is InChI=1S/C23H25N3O5S/c1-3-16(4-2)26(23(28)21-6-5-9-32-21)13-17-11-18(25-31-17)22(27)24-12-15-7-8-19-20(10-15)30-14-29-19/h5-11,16H,3-4,12-14H2,1-2H3,(H,24,27). The van der Waals surface area contributed by atoms with Crippen LogP contribution in [0.4, 0.5) is 0 Å². The maximum Gasteiger partial charge on any atom is 0.273 e. The van der Waals surface area contributed by atoms with Gasteiger partial charge in [0.25, 0.3) is 11.8 Å². The van der Waals surface area contributed by atoms with Crippen LogP contribution in [-0.4, -0.2) is 34.7 Å². The molecule has 2 amide bonds. The second-order valence-corrected chi connectivity index (χ2v) is 8.38. The molecule has 168 valence electrons. The average Bonchev–Trinajstić information content (AvgIpc) is 3.58. The SMILES string of the molecule is CCC(CC)N(Cc1cc(C(=O)NCc2ccc3c(c2)OCO3)no1)C(=O)c1cccs1. The minimum atomic E-state index is -0.351. The number of amides is 2. The van der Waals surface area contributed by atoms with E-state index in [0.29, 0.717) is 28.7 Å². The fourth-order valence-electron chi connectivity index (χ4n) is 3.62. The van der Waals surface area contributed by atoms with Crippen LogP contribution in [0.2, 0.25) is 0 Å². The van der Waals surface area contributed by atoms with E-state index in [-0.39, 0.29) is 36.9 Å². The number of aromatic nitrogens is 1. The summed E-state index contributed by atoms with van der Waals surface area (Å²) in [5.74, 6) is 1.43. The van der Waals surface area contributed by atoms with Crippen molar-refractivity contribution in [1.29, 1.82) is 0 Å². The number of hydrogen-bond donors (Lipinski definition) is 1. The van der Waals surface area contributed by atoms with E-state index in [1.807, 2.05) is 35.7 Å². The molecule has 0 unspecified atom stereocenters. The van der Waals surface area contributed by atoms with Gasteiger partial charge in [0.15, 0.2) is 23.0 Å². The zero-order valence-electron chi connectivity index (χ0n) is 18.0. The number of hydrogen-bond acceptors (Lipinski definition) is 7. The zero-order valence-corrected chi connectivity index (χ0v) is 18.8. The van der Waals surface area contributed by atoms with Gasteiger partial charge >= 0.3 is 0 Å². The van der Waals surface area contributed by atoms with Gasteiger partial charge < -0.3 is 24.2 Å². The van der Waals surface area contributed by atoms with Gasteiger partial charge in [-0.25, -0.2) is 0 Å². The molecule has 0 spiro atoms. The number of carbonyl (C=O) groups is 2. The fourth-order valence-corrected chi connectivity index (χ4v) is 4.30. The third-order valence-electron chi connectivity index (χ3n) is 5.38. The Bertz CT molecular complexity index is 1080. The summed E-state index contributed by atoms with van der Waals surface area (Å²) in [7, 11) is 0. The molecule has 0 bridgehead atoms. The van der Waals surface area contributed by atoms with Crippen molar-refractivity contribution in [2.45, 2.75) is 45.8 Å². The summed E-state index contributed by atoms with van der Waals surface area (Å²) in [6.07, 6.45) is 1.65. The Hall–Kier alpha value is -3.33. The maximum absolute atomic E-state index is 13.0. The van der Waals surface area contributed by atoms with Crippen LogP contribution >= 0.6 is 11.3 Å². The number of nitrogens with one attached hydrogen (secondary N) is 1. The van der Waals surface area contributed by atoms with Crippen LogP contribution in [0.15, 0.2) is 46.3 Å². The average molecular weight is 456 g/mol. The van der Waals surface area contributed by atoms with E-state index < -0.39 is 0 Å². The van der Waals surface area contributed by atoms with Gasteiger partial charge in [-0.05, 0) is 42.0 Å². The van der Waals surface area contributed by atoms with Crippen molar-refractivity contribution in [3.63, 3.8) is 0 Å². The third kappa shape index (κ3) is 4.77. The lowest BCUT2D eigenvalue weighted by molar-refractivity contribution is 0.0632. The van der Waals surface area contributed by atoms with Crippen molar-refractivity contribution < 1.29 is 23.6 Å². The fraction of sp³-hybridized carbons (Fsp3) is 0.348. The minimum Gasteiger partial charge on any atom is -0.454 e. The summed E-state index contributed by atoms with van der Waals surface area (Å²) in [6, 6.07) is 10.9. The topological polar surface area (TPSA) is 93.9 Å². The van der Waals surface area contributed by atoms with Gasteiger partial charge in [0.1, 0.15) is 0 Å². The van der Waals surface area contributed by atoms with Crippen LogP contribution in [0.25, 0.3) is 0 Å². The van der Waals surface area contributed by atoms with Crippen LogP contribution < -0.4 is 14.8 Å². The highest BCUT2D eigenvalue weighted by Gasteiger charge is 2.25. The van der Waals surface area contributed by atoms with E-state index in [9.17, 15) is 9.59 Å². The molecule has 32 heavy (non-hydrogen) atoms. The van der Waals surface area contributed by atoms with E-state index in [0.717, 1.165) is 18.4 Å². The Kier molecular flexibility index (Phi) is 6.75. The van der Waals surface area contributed by atoms with Crippen molar-refractivity contribution >= 4 is 23.2 Å². The molecule has 1 aromatic carbocycles. The molecule has 2 aromatic heterocycles. The Morgan fingerprint density at radius 1 is 1.16 bits per heavy atom. The summed E-state index contributed by atoms with van der Waals surface area (Å²) in [6.45, 7) is 4.88. The Morgan fingerprint density at radius 3 is 2.72 bits per heavy atom. The molecule has 0 saturated carbocycles. The lowest BCUT2D eigenvalue weighted by Gasteiger charge is -2.29. The first-order chi connectivity index (χ1) is 15.6. The third-order valence-corrected chi connectivity index (χ3v) is 6.24. The van der Waals surface area contributed by atoms with Crippen molar-refractivity contribution in [3.05, 3.63) is 63.7 Å². The molecule has 0 radical (unpaired) electrons. The van der Waals surface area contributed by atoms with Gasteiger partial charge in [0, 0.05) is 18.7 Å². The molecule has 8 nitrogen and oxygen atoms in total. The Labute approximate surface area is 190 Å². The normalized spacial score (nSPS) is 12.2. The zero-order chi connectivity index (χ0) is 22.5. The van der Waals surface area contributed by atoms with Crippen molar-refractivity contribution in [3.8, 4) is 11.5 Å².